The Morgan fingerprint density at radius 3 is 2.68 bits per heavy atom. The first-order chi connectivity index (χ1) is 8.56. The Balaban J connectivity index is 0.00000180. The van der Waals surface area contributed by atoms with Crippen LogP contribution in [0.3, 0.4) is 0 Å². The van der Waals surface area contributed by atoms with Gasteiger partial charge in [0.1, 0.15) is 5.82 Å². The molecule has 0 spiro atoms. The highest BCUT2D eigenvalue weighted by molar-refractivity contribution is 9.10. The van der Waals surface area contributed by atoms with Crippen molar-refractivity contribution in [3.05, 3.63) is 34.1 Å². The fourth-order valence-corrected chi connectivity index (χ4v) is 2.49. The maximum absolute atomic E-state index is 13.1. The van der Waals surface area contributed by atoms with Crippen molar-refractivity contribution in [2.75, 3.05) is 13.1 Å². The first-order valence-corrected chi connectivity index (χ1v) is 6.83. The van der Waals surface area contributed by atoms with E-state index in [0.717, 1.165) is 17.3 Å². The molecule has 1 aromatic rings. The van der Waals surface area contributed by atoms with E-state index in [1.165, 1.54) is 12.1 Å². The van der Waals surface area contributed by atoms with Gasteiger partial charge in [0.15, 0.2) is 0 Å². The second-order valence-corrected chi connectivity index (χ2v) is 5.49. The number of nitrogens with two attached hydrogens (primary N) is 1. The minimum absolute atomic E-state index is 0. The molecule has 2 N–H and O–H groups in total. The highest BCUT2D eigenvalue weighted by Gasteiger charge is 2.21. The number of carbonyl (C=O) groups excluding carboxylic acids is 1. The Bertz CT molecular complexity index is 450. The quantitative estimate of drug-likeness (QED) is 0.890. The lowest BCUT2D eigenvalue weighted by Gasteiger charge is -2.30. The zero-order valence-electron chi connectivity index (χ0n) is 10.4. The average Bonchev–Trinajstić information content (AvgIpc) is 2.34. The monoisotopic (exact) mass is 350 g/mol. The standard InChI is InChI=1S/C13H16BrFN2O.ClH/c14-12-2-1-10(15)7-9(12)8-13(18)17-5-3-11(16)4-6-17;/h1-2,7,11H,3-6,8,16H2;1H. The highest BCUT2D eigenvalue weighted by atomic mass is 79.9. The zero-order valence-corrected chi connectivity index (χ0v) is 12.8. The lowest BCUT2D eigenvalue weighted by molar-refractivity contribution is -0.131. The smallest absolute Gasteiger partial charge is 0.227 e. The third kappa shape index (κ3) is 4.44. The number of hydrogen-bond acceptors (Lipinski definition) is 2. The van der Waals surface area contributed by atoms with Crippen LogP contribution in [-0.4, -0.2) is 29.9 Å². The van der Waals surface area contributed by atoms with Gasteiger partial charge in [-0.3, -0.25) is 4.79 Å². The van der Waals surface area contributed by atoms with Gasteiger partial charge in [0.2, 0.25) is 5.91 Å². The molecule has 0 saturated carbocycles. The number of piperidine rings is 1. The van der Waals surface area contributed by atoms with Crippen LogP contribution in [0.25, 0.3) is 0 Å². The van der Waals surface area contributed by atoms with Gasteiger partial charge >= 0.3 is 0 Å². The number of halogens is 3. The second-order valence-electron chi connectivity index (χ2n) is 4.63. The van der Waals surface area contributed by atoms with Crippen LogP contribution in [0.2, 0.25) is 0 Å². The number of likely N-dealkylation sites (tertiary alicyclic amines) is 1. The van der Waals surface area contributed by atoms with Crippen molar-refractivity contribution in [2.45, 2.75) is 25.3 Å². The Labute approximate surface area is 126 Å². The summed E-state index contributed by atoms with van der Waals surface area (Å²) in [6, 6.07) is 4.61. The first kappa shape index (κ1) is 16.4. The molecule has 0 atom stereocenters. The van der Waals surface area contributed by atoms with Crippen LogP contribution in [0, 0.1) is 5.82 Å². The molecule has 1 aromatic carbocycles. The fourth-order valence-electron chi connectivity index (χ4n) is 2.10. The molecule has 6 heteroatoms. The molecule has 2 rings (SSSR count). The van der Waals surface area contributed by atoms with E-state index in [9.17, 15) is 9.18 Å². The van der Waals surface area contributed by atoms with Gasteiger partial charge < -0.3 is 10.6 Å². The molecule has 0 radical (unpaired) electrons. The normalized spacial score (nSPS) is 16.1. The van der Waals surface area contributed by atoms with E-state index in [1.54, 1.807) is 11.0 Å². The van der Waals surface area contributed by atoms with Crippen molar-refractivity contribution >= 4 is 34.2 Å². The molecule has 0 unspecified atom stereocenters. The third-order valence-electron chi connectivity index (χ3n) is 3.24. The van der Waals surface area contributed by atoms with Crippen molar-refractivity contribution in [3.8, 4) is 0 Å². The molecule has 0 bridgehead atoms. The lowest BCUT2D eigenvalue weighted by Crippen LogP contribution is -2.43. The highest BCUT2D eigenvalue weighted by Crippen LogP contribution is 2.20. The maximum atomic E-state index is 13.1. The first-order valence-electron chi connectivity index (χ1n) is 6.03. The van der Waals surface area contributed by atoms with Crippen molar-refractivity contribution in [1.82, 2.24) is 4.90 Å². The van der Waals surface area contributed by atoms with Crippen LogP contribution < -0.4 is 5.73 Å². The molecule has 106 valence electrons. The number of benzene rings is 1. The zero-order chi connectivity index (χ0) is 13.1. The number of nitrogens with zero attached hydrogens (tertiary/aromatic N) is 1. The third-order valence-corrected chi connectivity index (χ3v) is 4.02. The maximum Gasteiger partial charge on any atom is 0.227 e. The minimum atomic E-state index is -0.318. The summed E-state index contributed by atoms with van der Waals surface area (Å²) in [5.41, 5.74) is 6.49. The molecule has 0 aliphatic carbocycles. The fraction of sp³-hybridized carbons (Fsp3) is 0.462. The van der Waals surface area contributed by atoms with Crippen molar-refractivity contribution in [1.29, 1.82) is 0 Å². The molecule has 1 saturated heterocycles. The SMILES string of the molecule is Cl.NC1CCN(C(=O)Cc2cc(F)ccc2Br)CC1. The van der Waals surface area contributed by atoms with Crippen molar-refractivity contribution in [2.24, 2.45) is 5.73 Å². The molecule has 3 nitrogen and oxygen atoms in total. The van der Waals surface area contributed by atoms with Crippen LogP contribution in [0.15, 0.2) is 22.7 Å². The summed E-state index contributed by atoms with van der Waals surface area (Å²) in [5.74, 6) is -0.283. The van der Waals surface area contributed by atoms with Crippen LogP contribution >= 0.6 is 28.3 Å². The molecule has 19 heavy (non-hydrogen) atoms. The van der Waals surface area contributed by atoms with E-state index in [-0.39, 0.29) is 36.6 Å². The second kappa shape index (κ2) is 7.22. The molecule has 0 aromatic heterocycles. The number of carbonyl (C=O) groups is 1. The summed E-state index contributed by atoms with van der Waals surface area (Å²) in [4.78, 5) is 13.9. The molecular formula is C13H17BrClFN2O. The van der Waals surface area contributed by atoms with Gasteiger partial charge in [-0.05, 0) is 36.6 Å². The van der Waals surface area contributed by atoms with E-state index < -0.39 is 0 Å². The van der Waals surface area contributed by atoms with Gasteiger partial charge in [0.05, 0.1) is 6.42 Å². The Morgan fingerprint density at radius 2 is 2.05 bits per heavy atom. The summed E-state index contributed by atoms with van der Waals surface area (Å²) >= 11 is 3.34. The van der Waals surface area contributed by atoms with E-state index in [0.29, 0.717) is 18.7 Å². The van der Waals surface area contributed by atoms with E-state index >= 15 is 0 Å². The largest absolute Gasteiger partial charge is 0.342 e. The number of amides is 1. The van der Waals surface area contributed by atoms with Crippen molar-refractivity contribution in [3.63, 3.8) is 0 Å². The Morgan fingerprint density at radius 1 is 1.42 bits per heavy atom. The van der Waals surface area contributed by atoms with E-state index in [2.05, 4.69) is 15.9 Å². The molecule has 1 amide bonds. The summed E-state index contributed by atoms with van der Waals surface area (Å²) in [6.07, 6.45) is 1.92. The summed E-state index contributed by atoms with van der Waals surface area (Å²) in [5, 5.41) is 0. The molecule has 1 aliphatic rings. The lowest BCUT2D eigenvalue weighted by atomic mass is 10.0. The molecule has 1 heterocycles. The van der Waals surface area contributed by atoms with E-state index in [1.807, 2.05) is 0 Å². The number of rotatable bonds is 2. The van der Waals surface area contributed by atoms with Gasteiger partial charge in [-0.1, -0.05) is 15.9 Å². The molecule has 1 aliphatic heterocycles. The van der Waals surface area contributed by atoms with Crippen LogP contribution in [0.5, 0.6) is 0 Å². The minimum Gasteiger partial charge on any atom is -0.342 e. The Kier molecular flexibility index (Phi) is 6.23. The predicted octanol–water partition coefficient (Wildman–Crippen LogP) is 2.50. The van der Waals surface area contributed by atoms with Gasteiger partial charge in [-0.25, -0.2) is 4.39 Å². The number of hydrogen-bond donors (Lipinski definition) is 1. The Hall–Kier alpha value is -0.650. The van der Waals surface area contributed by atoms with E-state index in [4.69, 9.17) is 5.73 Å². The van der Waals surface area contributed by atoms with Crippen molar-refractivity contribution < 1.29 is 9.18 Å². The van der Waals surface area contributed by atoms with Gasteiger partial charge in [-0.2, -0.15) is 0 Å². The molecule has 1 fully saturated rings. The molecular weight excluding hydrogens is 335 g/mol. The summed E-state index contributed by atoms with van der Waals surface area (Å²) in [7, 11) is 0. The topological polar surface area (TPSA) is 46.3 Å². The predicted molar refractivity (Wildman–Crippen MR) is 78.8 cm³/mol. The van der Waals surface area contributed by atoms with Crippen LogP contribution in [-0.2, 0) is 11.2 Å². The van der Waals surface area contributed by atoms with Crippen LogP contribution in [0.4, 0.5) is 4.39 Å². The average molecular weight is 352 g/mol. The summed E-state index contributed by atoms with van der Waals surface area (Å²) < 4.78 is 13.9. The summed E-state index contributed by atoms with van der Waals surface area (Å²) in [6.45, 7) is 1.40. The van der Waals surface area contributed by atoms with Gasteiger partial charge in [0, 0.05) is 23.6 Å². The van der Waals surface area contributed by atoms with Gasteiger partial charge in [0.25, 0.3) is 0 Å². The van der Waals surface area contributed by atoms with Crippen LogP contribution in [0.1, 0.15) is 18.4 Å². The van der Waals surface area contributed by atoms with Gasteiger partial charge in [-0.15, -0.1) is 12.4 Å².